The van der Waals surface area contributed by atoms with Gasteiger partial charge in [-0.15, -0.1) is 0 Å². The Morgan fingerprint density at radius 1 is 1.12 bits per heavy atom. The Morgan fingerprint density at radius 2 is 1.93 bits per heavy atom. The van der Waals surface area contributed by atoms with Crippen molar-refractivity contribution in [1.82, 2.24) is 25.2 Å². The number of aromatic nitrogens is 3. The zero-order chi connectivity index (χ0) is 30.4. The van der Waals surface area contributed by atoms with Crippen molar-refractivity contribution in [3.05, 3.63) is 71.4 Å². The Bertz CT molecular complexity index is 1340. The van der Waals surface area contributed by atoms with Crippen LogP contribution in [0.1, 0.15) is 42.5 Å². The summed E-state index contributed by atoms with van der Waals surface area (Å²) >= 11 is 0. The number of hydrogen-bond acceptors (Lipinski definition) is 9. The maximum Gasteiger partial charge on any atom is 0.326 e. The highest BCUT2D eigenvalue weighted by Gasteiger charge is 2.22. The first kappa shape index (κ1) is 31.6. The highest BCUT2D eigenvalue weighted by molar-refractivity contribution is 5.85. The van der Waals surface area contributed by atoms with Gasteiger partial charge in [0.1, 0.15) is 24.2 Å². The number of aliphatic carboxylic acids is 1. The number of rotatable bonds is 17. The third kappa shape index (κ3) is 10.2. The molecule has 1 aliphatic rings. The van der Waals surface area contributed by atoms with Gasteiger partial charge < -0.3 is 25.2 Å². The standard InChI is InChI=1S/C31H39FN6O5/c1-42-27-10-3-2-7-23(27)19-28(39)37-26(30(40)41)13-16-38(17-18-43-31-34-20-24(32)21-35-31)15-5-4-9-25-12-11-22-8-6-14-33-29(22)36-25/h2-3,7,10-12,20-21,26H,4-6,8-9,13-19H2,1H3,(H,33,36)(H,37,39)(H,40,41)/t26-/m0/s1. The predicted molar refractivity (Wildman–Crippen MR) is 159 cm³/mol. The summed E-state index contributed by atoms with van der Waals surface area (Å²) in [6.07, 6.45) is 7.06. The molecule has 0 bridgehead atoms. The number of amides is 1. The topological polar surface area (TPSA) is 139 Å². The summed E-state index contributed by atoms with van der Waals surface area (Å²) in [6.45, 7) is 2.77. The van der Waals surface area contributed by atoms with Crippen LogP contribution >= 0.6 is 0 Å². The molecule has 1 aromatic carbocycles. The van der Waals surface area contributed by atoms with Crippen LogP contribution < -0.4 is 20.1 Å². The maximum atomic E-state index is 13.1. The number of carboxylic acids is 1. The lowest BCUT2D eigenvalue weighted by molar-refractivity contribution is -0.142. The number of para-hydroxylation sites is 1. The normalized spacial score (nSPS) is 13.1. The van der Waals surface area contributed by atoms with E-state index in [2.05, 4.69) is 37.6 Å². The predicted octanol–water partition coefficient (Wildman–Crippen LogP) is 3.28. The molecule has 3 N–H and O–H groups in total. The van der Waals surface area contributed by atoms with Crippen LogP contribution in [-0.2, 0) is 28.9 Å². The first-order valence-corrected chi connectivity index (χ1v) is 14.6. The SMILES string of the molecule is COc1ccccc1CC(=O)N[C@@H](CCN(CCCCc1ccc2c(n1)NCCC2)CCOc1ncc(F)cn1)C(=O)O. The molecule has 43 heavy (non-hydrogen) atoms. The van der Waals surface area contributed by atoms with Crippen molar-refractivity contribution in [2.75, 3.05) is 45.2 Å². The number of nitrogens with zero attached hydrogens (tertiary/aromatic N) is 4. The third-order valence-electron chi connectivity index (χ3n) is 7.26. The number of carboxylic acid groups (broad SMARTS) is 1. The van der Waals surface area contributed by atoms with Crippen molar-refractivity contribution in [3.63, 3.8) is 0 Å². The minimum atomic E-state index is -1.10. The molecule has 0 unspecified atom stereocenters. The highest BCUT2D eigenvalue weighted by atomic mass is 19.1. The van der Waals surface area contributed by atoms with E-state index in [1.807, 2.05) is 0 Å². The van der Waals surface area contributed by atoms with Crippen LogP contribution in [0.3, 0.4) is 0 Å². The summed E-state index contributed by atoms with van der Waals surface area (Å²) in [5.74, 6) is -0.491. The van der Waals surface area contributed by atoms with Gasteiger partial charge in [0, 0.05) is 30.9 Å². The van der Waals surface area contributed by atoms with E-state index in [9.17, 15) is 19.1 Å². The Balaban J connectivity index is 1.30. The number of methoxy groups -OCH3 is 1. The molecule has 1 atom stereocenters. The Hall–Kier alpha value is -4.32. The number of hydrogen-bond donors (Lipinski definition) is 3. The van der Waals surface area contributed by atoms with Crippen LogP contribution in [0.15, 0.2) is 48.8 Å². The van der Waals surface area contributed by atoms with Crippen LogP contribution in [-0.4, -0.2) is 82.8 Å². The van der Waals surface area contributed by atoms with Gasteiger partial charge in [-0.3, -0.25) is 9.69 Å². The van der Waals surface area contributed by atoms with E-state index in [-0.39, 0.29) is 25.5 Å². The monoisotopic (exact) mass is 594 g/mol. The Labute approximate surface area is 250 Å². The fourth-order valence-corrected chi connectivity index (χ4v) is 4.96. The number of ether oxygens (including phenoxy) is 2. The number of aryl methyl sites for hydroxylation is 2. The van der Waals surface area contributed by atoms with Crippen molar-refractivity contribution >= 4 is 17.7 Å². The van der Waals surface area contributed by atoms with Gasteiger partial charge in [-0.05, 0) is 62.8 Å². The minimum Gasteiger partial charge on any atom is -0.496 e. The molecule has 3 heterocycles. The van der Waals surface area contributed by atoms with Crippen LogP contribution in [0.2, 0.25) is 0 Å². The van der Waals surface area contributed by atoms with E-state index in [0.717, 1.165) is 62.6 Å². The summed E-state index contributed by atoms with van der Waals surface area (Å²) in [6, 6.07) is 10.4. The van der Waals surface area contributed by atoms with Crippen molar-refractivity contribution in [3.8, 4) is 11.8 Å². The number of anilines is 1. The van der Waals surface area contributed by atoms with Gasteiger partial charge in [0.25, 0.3) is 0 Å². The van der Waals surface area contributed by atoms with Crippen LogP contribution in [0.4, 0.5) is 10.2 Å². The number of unbranched alkanes of at least 4 members (excludes halogenated alkanes) is 1. The van der Waals surface area contributed by atoms with Gasteiger partial charge in [-0.1, -0.05) is 24.3 Å². The van der Waals surface area contributed by atoms with Crippen molar-refractivity contribution in [2.45, 2.75) is 51.0 Å². The second-order valence-electron chi connectivity index (χ2n) is 10.4. The summed E-state index contributed by atoms with van der Waals surface area (Å²) in [4.78, 5) is 39.2. The van der Waals surface area contributed by atoms with Gasteiger partial charge >= 0.3 is 12.0 Å². The van der Waals surface area contributed by atoms with Gasteiger partial charge in [0.15, 0.2) is 5.82 Å². The molecule has 0 spiro atoms. The zero-order valence-corrected chi connectivity index (χ0v) is 24.4. The molecule has 230 valence electrons. The van der Waals surface area contributed by atoms with E-state index in [0.29, 0.717) is 30.9 Å². The summed E-state index contributed by atoms with van der Waals surface area (Å²) < 4.78 is 24.0. The molecule has 11 nitrogen and oxygen atoms in total. The Morgan fingerprint density at radius 3 is 2.72 bits per heavy atom. The van der Waals surface area contributed by atoms with Gasteiger partial charge in [-0.25, -0.2) is 24.1 Å². The molecule has 1 amide bonds. The number of pyridine rings is 1. The summed E-state index contributed by atoms with van der Waals surface area (Å²) in [5, 5.41) is 15.9. The number of halogens is 1. The van der Waals surface area contributed by atoms with Crippen LogP contribution in [0, 0.1) is 5.82 Å². The van der Waals surface area contributed by atoms with Crippen molar-refractivity contribution < 1.29 is 28.6 Å². The molecule has 4 rings (SSSR count). The molecule has 0 saturated heterocycles. The largest absolute Gasteiger partial charge is 0.496 e. The third-order valence-corrected chi connectivity index (χ3v) is 7.26. The second-order valence-corrected chi connectivity index (χ2v) is 10.4. The molecule has 1 aliphatic heterocycles. The smallest absolute Gasteiger partial charge is 0.326 e. The molecule has 12 heteroatoms. The van der Waals surface area contributed by atoms with Crippen molar-refractivity contribution in [2.24, 2.45) is 0 Å². The van der Waals surface area contributed by atoms with Gasteiger partial charge in [0.05, 0.1) is 25.9 Å². The lowest BCUT2D eigenvalue weighted by Gasteiger charge is -2.24. The highest BCUT2D eigenvalue weighted by Crippen LogP contribution is 2.20. The quantitative estimate of drug-likeness (QED) is 0.200. The Kier molecular flexibility index (Phi) is 12.0. The first-order valence-electron chi connectivity index (χ1n) is 14.6. The number of carbonyl (C=O) groups is 2. The van der Waals surface area contributed by atoms with Gasteiger partial charge in [-0.2, -0.15) is 0 Å². The average molecular weight is 595 g/mol. The zero-order valence-electron chi connectivity index (χ0n) is 24.4. The van der Waals surface area contributed by atoms with E-state index in [1.165, 1.54) is 12.7 Å². The average Bonchev–Trinajstić information content (AvgIpc) is 3.01. The number of fused-ring (bicyclic) bond motifs is 1. The lowest BCUT2D eigenvalue weighted by Crippen LogP contribution is -2.44. The molecule has 0 radical (unpaired) electrons. The van der Waals surface area contributed by atoms with Crippen LogP contribution in [0.25, 0.3) is 0 Å². The molecule has 3 aromatic rings. The molecule has 0 aliphatic carbocycles. The van der Waals surface area contributed by atoms with Crippen molar-refractivity contribution in [1.29, 1.82) is 0 Å². The molecular weight excluding hydrogens is 555 g/mol. The lowest BCUT2D eigenvalue weighted by atomic mass is 10.1. The molecule has 0 fully saturated rings. The number of benzene rings is 1. The summed E-state index contributed by atoms with van der Waals surface area (Å²) in [5.41, 5.74) is 2.98. The molecule has 0 saturated carbocycles. The molecular formula is C31H39FN6O5. The fourth-order valence-electron chi connectivity index (χ4n) is 4.96. The van der Waals surface area contributed by atoms with E-state index in [1.54, 1.807) is 24.3 Å². The van der Waals surface area contributed by atoms with E-state index >= 15 is 0 Å². The van der Waals surface area contributed by atoms with Gasteiger partial charge in [0.2, 0.25) is 5.91 Å². The van der Waals surface area contributed by atoms with Crippen LogP contribution in [0.5, 0.6) is 11.8 Å². The fraction of sp³-hybridized carbons (Fsp3) is 0.452. The van der Waals surface area contributed by atoms with E-state index < -0.39 is 23.7 Å². The second kappa shape index (κ2) is 16.4. The molecule has 2 aromatic heterocycles. The minimum absolute atomic E-state index is 0.00919. The number of nitrogens with one attached hydrogen (secondary N) is 2. The number of carbonyl (C=O) groups excluding carboxylic acids is 1. The maximum absolute atomic E-state index is 13.1. The summed E-state index contributed by atoms with van der Waals surface area (Å²) in [7, 11) is 1.53. The van der Waals surface area contributed by atoms with E-state index in [4.69, 9.17) is 14.5 Å². The first-order chi connectivity index (χ1) is 20.9.